The van der Waals surface area contributed by atoms with E-state index in [0.717, 1.165) is 11.5 Å². The van der Waals surface area contributed by atoms with Crippen molar-refractivity contribution in [2.75, 3.05) is 16.4 Å². The molecule has 1 heterocycles. The summed E-state index contributed by atoms with van der Waals surface area (Å²) in [4.78, 5) is 23.5. The topological polar surface area (TPSA) is 104 Å². The molecule has 24 heavy (non-hydrogen) atoms. The molecule has 0 saturated carbocycles. The summed E-state index contributed by atoms with van der Waals surface area (Å²) < 4.78 is 36.3. The van der Waals surface area contributed by atoms with Crippen LogP contribution in [-0.2, 0) is 14.6 Å². The van der Waals surface area contributed by atoms with Gasteiger partial charge in [0.2, 0.25) is 5.91 Å². The summed E-state index contributed by atoms with van der Waals surface area (Å²) in [6.07, 6.45) is 1.38. The minimum absolute atomic E-state index is 0.0464. The lowest BCUT2D eigenvalue weighted by Crippen LogP contribution is -2.38. The fourth-order valence-electron chi connectivity index (χ4n) is 1.98. The number of amides is 3. The molecule has 0 bridgehead atoms. The molecular formula is C15H18FN3O4S. The van der Waals surface area contributed by atoms with Crippen LogP contribution in [0.1, 0.15) is 13.8 Å². The van der Waals surface area contributed by atoms with Gasteiger partial charge in [0.1, 0.15) is 5.82 Å². The lowest BCUT2D eigenvalue weighted by Gasteiger charge is -2.13. The number of benzene rings is 1. The molecule has 0 aliphatic carbocycles. The molecule has 3 N–H and O–H groups in total. The van der Waals surface area contributed by atoms with Crippen LogP contribution in [0, 0.1) is 11.7 Å². The standard InChI is InChI=1S/C15H18FN3O4S/c1-9(2)14(20)19-13-7-10(3-4-12(13)16)17-15(21)18-11-5-6-24(22,23)8-11/h3-7,9,11H,8H2,1-2H3,(H,19,20)(H2,17,18,21)/t11-/m1/s1. The van der Waals surface area contributed by atoms with Gasteiger partial charge < -0.3 is 16.0 Å². The van der Waals surface area contributed by atoms with Gasteiger partial charge in [0, 0.05) is 17.0 Å². The number of urea groups is 1. The molecule has 1 aliphatic rings. The summed E-state index contributed by atoms with van der Waals surface area (Å²) in [7, 11) is -3.27. The molecule has 1 atom stereocenters. The Kier molecular flexibility index (Phi) is 5.23. The quantitative estimate of drug-likeness (QED) is 0.767. The molecular weight excluding hydrogens is 337 g/mol. The van der Waals surface area contributed by atoms with Crippen LogP contribution in [0.5, 0.6) is 0 Å². The van der Waals surface area contributed by atoms with E-state index < -0.39 is 27.7 Å². The van der Waals surface area contributed by atoms with Gasteiger partial charge in [0.05, 0.1) is 17.5 Å². The highest BCUT2D eigenvalue weighted by Crippen LogP contribution is 2.20. The SMILES string of the molecule is CC(C)C(=O)Nc1cc(NC(=O)N[C@@H]2C=CS(=O)(=O)C2)ccc1F. The Labute approximate surface area is 139 Å². The first-order chi connectivity index (χ1) is 11.2. The summed E-state index contributed by atoms with van der Waals surface area (Å²) >= 11 is 0. The van der Waals surface area contributed by atoms with Gasteiger partial charge in [-0.15, -0.1) is 0 Å². The van der Waals surface area contributed by atoms with Gasteiger partial charge in [-0.3, -0.25) is 4.79 Å². The van der Waals surface area contributed by atoms with Crippen LogP contribution in [0.4, 0.5) is 20.6 Å². The molecule has 9 heteroatoms. The van der Waals surface area contributed by atoms with Crippen molar-refractivity contribution < 1.29 is 22.4 Å². The van der Waals surface area contributed by atoms with Crippen LogP contribution in [0.25, 0.3) is 0 Å². The summed E-state index contributed by atoms with van der Waals surface area (Å²) in [5, 5.41) is 8.43. The van der Waals surface area contributed by atoms with Crippen molar-refractivity contribution in [2.24, 2.45) is 5.92 Å². The molecule has 0 fully saturated rings. The lowest BCUT2D eigenvalue weighted by atomic mass is 10.2. The van der Waals surface area contributed by atoms with Gasteiger partial charge in [-0.25, -0.2) is 17.6 Å². The van der Waals surface area contributed by atoms with E-state index in [4.69, 9.17) is 0 Å². The van der Waals surface area contributed by atoms with E-state index in [-0.39, 0.29) is 29.0 Å². The molecule has 7 nitrogen and oxygen atoms in total. The zero-order valence-electron chi connectivity index (χ0n) is 13.2. The van der Waals surface area contributed by atoms with E-state index in [9.17, 15) is 22.4 Å². The molecule has 2 rings (SSSR count). The first kappa shape index (κ1) is 17.9. The van der Waals surface area contributed by atoms with Crippen molar-refractivity contribution >= 4 is 33.2 Å². The van der Waals surface area contributed by atoms with Crippen LogP contribution >= 0.6 is 0 Å². The van der Waals surface area contributed by atoms with Gasteiger partial charge in [-0.05, 0) is 24.3 Å². The number of nitrogens with one attached hydrogen (secondary N) is 3. The normalized spacial score (nSPS) is 18.4. The van der Waals surface area contributed by atoms with Crippen LogP contribution in [0.2, 0.25) is 0 Å². The lowest BCUT2D eigenvalue weighted by molar-refractivity contribution is -0.118. The second-order valence-electron chi connectivity index (χ2n) is 5.70. The summed E-state index contributed by atoms with van der Waals surface area (Å²) in [5.74, 6) is -1.49. The molecule has 0 spiro atoms. The van der Waals surface area contributed by atoms with E-state index in [1.54, 1.807) is 13.8 Å². The maximum atomic E-state index is 13.7. The van der Waals surface area contributed by atoms with E-state index in [2.05, 4.69) is 16.0 Å². The predicted molar refractivity (Wildman–Crippen MR) is 88.7 cm³/mol. The van der Waals surface area contributed by atoms with E-state index in [1.807, 2.05) is 0 Å². The molecule has 3 amide bonds. The third-order valence-corrected chi connectivity index (χ3v) is 4.65. The average molecular weight is 355 g/mol. The third kappa shape index (κ3) is 4.79. The minimum Gasteiger partial charge on any atom is -0.331 e. The van der Waals surface area contributed by atoms with Crippen molar-refractivity contribution in [1.82, 2.24) is 5.32 Å². The molecule has 1 aliphatic heterocycles. The first-order valence-corrected chi connectivity index (χ1v) is 8.97. The Balaban J connectivity index is 2.01. The van der Waals surface area contributed by atoms with Crippen molar-refractivity contribution in [3.05, 3.63) is 35.5 Å². The van der Waals surface area contributed by atoms with Gasteiger partial charge in [0.15, 0.2) is 9.84 Å². The van der Waals surface area contributed by atoms with Crippen LogP contribution < -0.4 is 16.0 Å². The summed E-state index contributed by atoms with van der Waals surface area (Å²) in [6, 6.07) is 2.49. The second kappa shape index (κ2) is 7.00. The number of rotatable bonds is 4. The van der Waals surface area contributed by atoms with Gasteiger partial charge >= 0.3 is 6.03 Å². The maximum absolute atomic E-state index is 13.7. The van der Waals surface area contributed by atoms with Crippen molar-refractivity contribution in [3.8, 4) is 0 Å². The van der Waals surface area contributed by atoms with Gasteiger partial charge in [-0.2, -0.15) is 0 Å². The van der Waals surface area contributed by atoms with Crippen molar-refractivity contribution in [1.29, 1.82) is 0 Å². The number of hydrogen-bond acceptors (Lipinski definition) is 4. The first-order valence-electron chi connectivity index (χ1n) is 7.25. The number of carbonyl (C=O) groups excluding carboxylic acids is 2. The van der Waals surface area contributed by atoms with E-state index in [1.165, 1.54) is 18.2 Å². The second-order valence-corrected chi connectivity index (χ2v) is 7.63. The molecule has 0 radical (unpaired) electrons. The zero-order valence-corrected chi connectivity index (χ0v) is 14.0. The number of sulfone groups is 1. The van der Waals surface area contributed by atoms with Crippen molar-refractivity contribution in [2.45, 2.75) is 19.9 Å². The Morgan fingerprint density at radius 1 is 1.25 bits per heavy atom. The molecule has 130 valence electrons. The number of anilines is 2. The predicted octanol–water partition coefficient (Wildman–Crippen LogP) is 1.85. The molecule has 0 unspecified atom stereocenters. The molecule has 1 aromatic rings. The van der Waals surface area contributed by atoms with E-state index >= 15 is 0 Å². The molecule has 0 aromatic heterocycles. The smallest absolute Gasteiger partial charge is 0.319 e. The minimum atomic E-state index is -3.27. The van der Waals surface area contributed by atoms with Crippen LogP contribution in [0.3, 0.4) is 0 Å². The largest absolute Gasteiger partial charge is 0.331 e. The van der Waals surface area contributed by atoms with Crippen LogP contribution in [0.15, 0.2) is 29.7 Å². The third-order valence-electron chi connectivity index (χ3n) is 3.25. The zero-order chi connectivity index (χ0) is 17.9. The molecule has 1 aromatic carbocycles. The fraction of sp³-hybridized carbons (Fsp3) is 0.333. The highest BCUT2D eigenvalue weighted by molar-refractivity contribution is 7.94. The number of hydrogen-bond donors (Lipinski definition) is 3. The number of carbonyl (C=O) groups is 2. The van der Waals surface area contributed by atoms with E-state index in [0.29, 0.717) is 0 Å². The number of halogens is 1. The Hall–Kier alpha value is -2.42. The van der Waals surface area contributed by atoms with Gasteiger partial charge in [0.25, 0.3) is 0 Å². The Morgan fingerprint density at radius 2 is 1.96 bits per heavy atom. The van der Waals surface area contributed by atoms with Crippen molar-refractivity contribution in [3.63, 3.8) is 0 Å². The monoisotopic (exact) mass is 355 g/mol. The fourth-order valence-corrected chi connectivity index (χ4v) is 3.21. The summed E-state index contributed by atoms with van der Waals surface area (Å²) in [5.41, 5.74) is 0.215. The maximum Gasteiger partial charge on any atom is 0.319 e. The Morgan fingerprint density at radius 3 is 2.54 bits per heavy atom. The highest BCUT2D eigenvalue weighted by Gasteiger charge is 2.23. The van der Waals surface area contributed by atoms with Crippen LogP contribution in [-0.4, -0.2) is 32.2 Å². The average Bonchev–Trinajstić information content (AvgIpc) is 2.81. The summed E-state index contributed by atoms with van der Waals surface area (Å²) in [6.45, 7) is 3.35. The Bertz CT molecular complexity index is 790. The van der Waals surface area contributed by atoms with Gasteiger partial charge in [-0.1, -0.05) is 13.8 Å². The molecule has 0 saturated heterocycles. The highest BCUT2D eigenvalue weighted by atomic mass is 32.2.